The molecular formula is C13H20BrNO2S. The normalized spacial score (nSPS) is 16.1. The summed E-state index contributed by atoms with van der Waals surface area (Å²) in [5.74, 6) is 0.0579. The summed E-state index contributed by atoms with van der Waals surface area (Å²) in [6.07, 6.45) is 0.936. The largest absolute Gasteiger partial charge is 0.468 e. The van der Waals surface area contributed by atoms with Crippen molar-refractivity contribution in [3.8, 4) is 0 Å². The maximum absolute atomic E-state index is 11.8. The molecule has 0 aliphatic heterocycles. The van der Waals surface area contributed by atoms with Crippen LogP contribution < -0.4 is 5.32 Å². The highest BCUT2D eigenvalue weighted by Crippen LogP contribution is 2.29. The zero-order valence-electron chi connectivity index (χ0n) is 11.2. The third-order valence-electron chi connectivity index (χ3n) is 3.14. The van der Waals surface area contributed by atoms with Crippen molar-refractivity contribution in [1.29, 1.82) is 0 Å². The fourth-order valence-corrected chi connectivity index (χ4v) is 3.52. The van der Waals surface area contributed by atoms with Crippen LogP contribution in [-0.2, 0) is 9.53 Å². The van der Waals surface area contributed by atoms with Gasteiger partial charge in [0, 0.05) is 15.4 Å². The van der Waals surface area contributed by atoms with Crippen molar-refractivity contribution in [1.82, 2.24) is 5.32 Å². The molecular weight excluding hydrogens is 314 g/mol. The Morgan fingerprint density at radius 3 is 2.67 bits per heavy atom. The summed E-state index contributed by atoms with van der Waals surface area (Å²) >= 11 is 5.20. The molecule has 1 rings (SSSR count). The van der Waals surface area contributed by atoms with Gasteiger partial charge in [0.2, 0.25) is 0 Å². The van der Waals surface area contributed by atoms with E-state index in [9.17, 15) is 4.79 Å². The van der Waals surface area contributed by atoms with Crippen molar-refractivity contribution in [2.45, 2.75) is 39.3 Å². The van der Waals surface area contributed by atoms with Crippen LogP contribution in [0.4, 0.5) is 0 Å². The number of carbonyl (C=O) groups is 1. The van der Waals surface area contributed by atoms with Gasteiger partial charge in [0.15, 0.2) is 0 Å². The van der Waals surface area contributed by atoms with Crippen LogP contribution in [0.1, 0.15) is 38.1 Å². The Hall–Kier alpha value is -0.390. The lowest BCUT2D eigenvalue weighted by Crippen LogP contribution is -2.43. The van der Waals surface area contributed by atoms with Crippen molar-refractivity contribution in [3.05, 3.63) is 20.8 Å². The van der Waals surface area contributed by atoms with Gasteiger partial charge in [0.25, 0.3) is 0 Å². The number of ether oxygens (including phenoxy) is 1. The summed E-state index contributed by atoms with van der Waals surface area (Å²) in [6.45, 7) is 6.20. The Kier molecular flexibility index (Phi) is 6.32. The van der Waals surface area contributed by atoms with Gasteiger partial charge in [-0.1, -0.05) is 20.3 Å². The van der Waals surface area contributed by atoms with Crippen molar-refractivity contribution >= 4 is 33.2 Å². The van der Waals surface area contributed by atoms with Crippen molar-refractivity contribution in [3.63, 3.8) is 0 Å². The monoisotopic (exact) mass is 333 g/mol. The molecule has 0 aliphatic rings. The average molecular weight is 334 g/mol. The summed E-state index contributed by atoms with van der Waals surface area (Å²) in [7, 11) is 1.44. The van der Waals surface area contributed by atoms with Gasteiger partial charge in [0.1, 0.15) is 6.04 Å². The molecule has 3 atom stereocenters. The summed E-state index contributed by atoms with van der Waals surface area (Å²) in [5.41, 5.74) is 0. The molecule has 0 aliphatic carbocycles. The zero-order valence-corrected chi connectivity index (χ0v) is 13.6. The third kappa shape index (κ3) is 3.80. The fraction of sp³-hybridized carbons (Fsp3) is 0.615. The van der Waals surface area contributed by atoms with E-state index in [1.165, 1.54) is 12.0 Å². The van der Waals surface area contributed by atoms with Gasteiger partial charge >= 0.3 is 5.97 Å². The molecule has 0 saturated heterocycles. The zero-order chi connectivity index (χ0) is 13.7. The number of thiophene rings is 1. The molecule has 5 heteroatoms. The Bertz CT molecular complexity index is 394. The van der Waals surface area contributed by atoms with Crippen LogP contribution in [0.5, 0.6) is 0 Å². The minimum absolute atomic E-state index is 0.123. The molecule has 3 unspecified atom stereocenters. The molecule has 0 fully saturated rings. The number of hydrogen-bond donors (Lipinski definition) is 1. The number of nitrogens with one attached hydrogen (secondary N) is 1. The lowest BCUT2D eigenvalue weighted by atomic mass is 9.98. The first-order chi connectivity index (χ1) is 8.51. The van der Waals surface area contributed by atoms with E-state index in [-0.39, 0.29) is 24.0 Å². The molecule has 0 bridgehead atoms. The van der Waals surface area contributed by atoms with E-state index in [2.05, 4.69) is 42.0 Å². The fourth-order valence-electron chi connectivity index (χ4n) is 1.79. The summed E-state index contributed by atoms with van der Waals surface area (Å²) < 4.78 is 5.96. The van der Waals surface area contributed by atoms with Crippen LogP contribution in [0, 0.1) is 5.92 Å². The lowest BCUT2D eigenvalue weighted by Gasteiger charge is -2.25. The first kappa shape index (κ1) is 15.7. The first-order valence-electron chi connectivity index (χ1n) is 6.08. The van der Waals surface area contributed by atoms with E-state index in [1.807, 2.05) is 11.4 Å². The smallest absolute Gasteiger partial charge is 0.323 e. The Labute approximate surface area is 121 Å². The molecule has 0 amide bonds. The average Bonchev–Trinajstić information content (AvgIpc) is 2.80. The number of esters is 1. The number of carbonyl (C=O) groups excluding carboxylic acids is 1. The number of hydrogen-bond acceptors (Lipinski definition) is 4. The van der Waals surface area contributed by atoms with E-state index in [0.29, 0.717) is 0 Å². The molecule has 0 aromatic carbocycles. The van der Waals surface area contributed by atoms with Crippen LogP contribution in [0.25, 0.3) is 0 Å². The lowest BCUT2D eigenvalue weighted by molar-refractivity contribution is -0.144. The second-order valence-corrected chi connectivity index (χ2v) is 6.21. The molecule has 1 N–H and O–H groups in total. The standard InChI is InChI=1S/C13H20BrNO2S/c1-5-8(2)11(13(16)17-4)15-9(3)12-10(14)6-7-18-12/h6-9,11,15H,5H2,1-4H3. The van der Waals surface area contributed by atoms with Crippen molar-refractivity contribution in [2.24, 2.45) is 5.92 Å². The highest BCUT2D eigenvalue weighted by Gasteiger charge is 2.27. The minimum atomic E-state index is -0.260. The third-order valence-corrected chi connectivity index (χ3v) is 5.19. The predicted molar refractivity (Wildman–Crippen MR) is 78.8 cm³/mol. The van der Waals surface area contributed by atoms with Crippen molar-refractivity contribution < 1.29 is 9.53 Å². The molecule has 102 valence electrons. The van der Waals surface area contributed by atoms with E-state index in [1.54, 1.807) is 11.3 Å². The number of rotatable bonds is 6. The molecule has 3 nitrogen and oxygen atoms in total. The van der Waals surface area contributed by atoms with E-state index < -0.39 is 0 Å². The van der Waals surface area contributed by atoms with Gasteiger partial charge in [-0.3, -0.25) is 10.1 Å². The summed E-state index contributed by atoms with van der Waals surface area (Å²) in [6, 6.07) is 1.88. The molecule has 18 heavy (non-hydrogen) atoms. The highest BCUT2D eigenvalue weighted by molar-refractivity contribution is 9.10. The van der Waals surface area contributed by atoms with Crippen LogP contribution in [0.15, 0.2) is 15.9 Å². The topological polar surface area (TPSA) is 38.3 Å². The molecule has 1 aromatic rings. The van der Waals surface area contributed by atoms with Crippen molar-refractivity contribution in [2.75, 3.05) is 7.11 Å². The second kappa shape index (κ2) is 7.26. The van der Waals surface area contributed by atoms with Crippen LogP contribution in [0.3, 0.4) is 0 Å². The Morgan fingerprint density at radius 2 is 2.22 bits per heavy atom. The highest BCUT2D eigenvalue weighted by atomic mass is 79.9. The predicted octanol–water partition coefficient (Wildman–Crippen LogP) is 3.75. The molecule has 1 heterocycles. The molecule has 0 saturated carbocycles. The van der Waals surface area contributed by atoms with Gasteiger partial charge in [0.05, 0.1) is 7.11 Å². The summed E-state index contributed by atoms with van der Waals surface area (Å²) in [4.78, 5) is 13.0. The SMILES string of the molecule is CCC(C)C(NC(C)c1sccc1Br)C(=O)OC. The summed E-state index contributed by atoms with van der Waals surface area (Å²) in [5, 5.41) is 5.40. The van der Waals surface area contributed by atoms with Gasteiger partial charge in [-0.05, 0) is 40.2 Å². The molecule has 0 radical (unpaired) electrons. The van der Waals surface area contributed by atoms with Gasteiger partial charge in [-0.2, -0.15) is 0 Å². The Morgan fingerprint density at radius 1 is 1.56 bits per heavy atom. The van der Waals surface area contributed by atoms with Crippen LogP contribution in [0.2, 0.25) is 0 Å². The van der Waals surface area contributed by atoms with Gasteiger partial charge < -0.3 is 4.74 Å². The maximum atomic E-state index is 11.8. The van der Waals surface area contributed by atoms with E-state index in [4.69, 9.17) is 4.74 Å². The molecule has 0 spiro atoms. The number of halogens is 1. The first-order valence-corrected chi connectivity index (χ1v) is 7.75. The molecule has 1 aromatic heterocycles. The quantitative estimate of drug-likeness (QED) is 0.805. The second-order valence-electron chi connectivity index (χ2n) is 4.41. The maximum Gasteiger partial charge on any atom is 0.323 e. The van der Waals surface area contributed by atoms with Crippen LogP contribution >= 0.6 is 27.3 Å². The number of methoxy groups -OCH3 is 1. The van der Waals surface area contributed by atoms with Gasteiger partial charge in [-0.25, -0.2) is 0 Å². The van der Waals surface area contributed by atoms with Crippen LogP contribution in [-0.4, -0.2) is 19.1 Å². The van der Waals surface area contributed by atoms with Gasteiger partial charge in [-0.15, -0.1) is 11.3 Å². The van der Waals surface area contributed by atoms with E-state index >= 15 is 0 Å². The van der Waals surface area contributed by atoms with E-state index in [0.717, 1.165) is 10.9 Å². The Balaban J connectivity index is 2.78. The minimum Gasteiger partial charge on any atom is -0.468 e.